The van der Waals surface area contributed by atoms with Crippen molar-refractivity contribution >= 4 is 17.3 Å². The molecule has 1 fully saturated rings. The number of ether oxygens (including phenoxy) is 1. The van der Waals surface area contributed by atoms with Gasteiger partial charge in [0.2, 0.25) is 5.91 Å². The third-order valence-corrected chi connectivity index (χ3v) is 3.62. The van der Waals surface area contributed by atoms with Crippen LogP contribution in [0.15, 0.2) is 18.2 Å². The molecule has 1 aliphatic rings. The fraction of sp³-hybridized carbons (Fsp3) is 0.533. The lowest BCUT2D eigenvalue weighted by molar-refractivity contribution is -0.119. The van der Waals surface area contributed by atoms with Crippen LogP contribution in [0, 0.1) is 0 Å². The van der Waals surface area contributed by atoms with Gasteiger partial charge in [-0.1, -0.05) is 6.92 Å². The molecule has 20 heavy (non-hydrogen) atoms. The fourth-order valence-corrected chi connectivity index (χ4v) is 2.58. The zero-order valence-electron chi connectivity index (χ0n) is 12.0. The van der Waals surface area contributed by atoms with E-state index in [9.17, 15) is 4.79 Å². The van der Waals surface area contributed by atoms with Gasteiger partial charge >= 0.3 is 0 Å². The molecule has 0 spiro atoms. The van der Waals surface area contributed by atoms with Crippen LogP contribution in [0.5, 0.6) is 5.75 Å². The minimum Gasteiger partial charge on any atom is -0.491 e. The Morgan fingerprint density at radius 1 is 1.45 bits per heavy atom. The van der Waals surface area contributed by atoms with E-state index >= 15 is 0 Å². The van der Waals surface area contributed by atoms with Crippen molar-refractivity contribution in [3.05, 3.63) is 18.2 Å². The Morgan fingerprint density at radius 2 is 2.25 bits per heavy atom. The summed E-state index contributed by atoms with van der Waals surface area (Å²) in [4.78, 5) is 13.6. The van der Waals surface area contributed by atoms with E-state index in [4.69, 9.17) is 16.2 Å². The highest BCUT2D eigenvalue weighted by atomic mass is 16.5. The van der Waals surface area contributed by atoms with Gasteiger partial charge in [0.15, 0.2) is 0 Å². The molecule has 0 bridgehead atoms. The van der Waals surface area contributed by atoms with Gasteiger partial charge in [-0.2, -0.15) is 0 Å². The molecule has 5 nitrogen and oxygen atoms in total. The van der Waals surface area contributed by atoms with Crippen LogP contribution in [-0.2, 0) is 4.79 Å². The van der Waals surface area contributed by atoms with Crippen LogP contribution in [0.3, 0.4) is 0 Å². The standard InChI is InChI=1S/C15H23N3O2/c1-2-9-20-14-10-11(6-7-12(14)16)18-8-4-3-5-13(18)15(17)19/h6-7,10,13H,2-5,8-9,16H2,1H3,(H2,17,19). The largest absolute Gasteiger partial charge is 0.491 e. The zero-order valence-corrected chi connectivity index (χ0v) is 12.0. The van der Waals surface area contributed by atoms with E-state index in [1.54, 1.807) is 0 Å². The minimum atomic E-state index is -0.266. The summed E-state index contributed by atoms with van der Waals surface area (Å²) in [5.41, 5.74) is 13.0. The Bertz CT molecular complexity index is 476. The first-order chi connectivity index (χ1) is 9.63. The number of hydrogen-bond donors (Lipinski definition) is 2. The number of carbonyl (C=O) groups excluding carboxylic acids is 1. The molecular formula is C15H23N3O2. The molecule has 110 valence electrons. The predicted octanol–water partition coefficient (Wildman–Crippen LogP) is 1.90. The first-order valence-electron chi connectivity index (χ1n) is 7.21. The summed E-state index contributed by atoms with van der Waals surface area (Å²) >= 11 is 0. The van der Waals surface area contributed by atoms with Gasteiger partial charge in [0.1, 0.15) is 11.8 Å². The molecule has 1 saturated heterocycles. The molecular weight excluding hydrogens is 254 g/mol. The Morgan fingerprint density at radius 3 is 2.95 bits per heavy atom. The topological polar surface area (TPSA) is 81.6 Å². The molecule has 1 unspecified atom stereocenters. The average Bonchev–Trinajstić information content (AvgIpc) is 2.46. The van der Waals surface area contributed by atoms with Crippen molar-refractivity contribution in [2.75, 3.05) is 23.8 Å². The van der Waals surface area contributed by atoms with Gasteiger partial charge in [0.05, 0.1) is 12.3 Å². The van der Waals surface area contributed by atoms with Gasteiger partial charge in [0, 0.05) is 18.3 Å². The van der Waals surface area contributed by atoms with E-state index in [0.29, 0.717) is 18.0 Å². The quantitative estimate of drug-likeness (QED) is 0.805. The number of amides is 1. The van der Waals surface area contributed by atoms with Crippen molar-refractivity contribution in [3.8, 4) is 5.75 Å². The maximum atomic E-state index is 11.6. The molecule has 1 aromatic rings. The third-order valence-electron chi connectivity index (χ3n) is 3.62. The normalized spacial score (nSPS) is 18.9. The molecule has 4 N–H and O–H groups in total. The predicted molar refractivity (Wildman–Crippen MR) is 80.8 cm³/mol. The molecule has 1 aromatic carbocycles. The minimum absolute atomic E-state index is 0.230. The molecule has 2 rings (SSSR count). The number of nitrogens with zero attached hydrogens (tertiary/aromatic N) is 1. The third kappa shape index (κ3) is 3.15. The van der Waals surface area contributed by atoms with Crippen LogP contribution in [0.2, 0.25) is 0 Å². The Hall–Kier alpha value is -1.91. The van der Waals surface area contributed by atoms with Gasteiger partial charge in [-0.05, 0) is 37.8 Å². The summed E-state index contributed by atoms with van der Waals surface area (Å²) in [7, 11) is 0. The van der Waals surface area contributed by atoms with Crippen molar-refractivity contribution in [2.24, 2.45) is 5.73 Å². The first-order valence-corrected chi connectivity index (χ1v) is 7.21. The monoisotopic (exact) mass is 277 g/mol. The molecule has 1 aliphatic heterocycles. The van der Waals surface area contributed by atoms with E-state index in [-0.39, 0.29) is 11.9 Å². The number of carbonyl (C=O) groups is 1. The maximum absolute atomic E-state index is 11.6. The first kappa shape index (κ1) is 14.5. The van der Waals surface area contributed by atoms with Crippen LogP contribution in [0.1, 0.15) is 32.6 Å². The fourth-order valence-electron chi connectivity index (χ4n) is 2.58. The summed E-state index contributed by atoms with van der Waals surface area (Å²) in [5.74, 6) is 0.413. The summed E-state index contributed by atoms with van der Waals surface area (Å²) in [5, 5.41) is 0. The molecule has 5 heteroatoms. The zero-order chi connectivity index (χ0) is 14.5. The van der Waals surface area contributed by atoms with Crippen LogP contribution in [0.4, 0.5) is 11.4 Å². The number of anilines is 2. The van der Waals surface area contributed by atoms with E-state index in [0.717, 1.165) is 37.9 Å². The number of primary amides is 1. The average molecular weight is 277 g/mol. The van der Waals surface area contributed by atoms with Gasteiger partial charge in [-0.3, -0.25) is 4.79 Å². The number of piperidine rings is 1. The number of hydrogen-bond acceptors (Lipinski definition) is 4. The van der Waals surface area contributed by atoms with Gasteiger partial charge in [0.25, 0.3) is 0 Å². The van der Waals surface area contributed by atoms with E-state index < -0.39 is 0 Å². The van der Waals surface area contributed by atoms with Crippen LogP contribution in [0.25, 0.3) is 0 Å². The highest BCUT2D eigenvalue weighted by Gasteiger charge is 2.27. The lowest BCUT2D eigenvalue weighted by Gasteiger charge is -2.35. The van der Waals surface area contributed by atoms with Crippen molar-refractivity contribution in [3.63, 3.8) is 0 Å². The summed E-state index contributed by atoms with van der Waals surface area (Å²) in [6.45, 7) is 3.52. The SMILES string of the molecule is CCCOc1cc(N2CCCCC2C(N)=O)ccc1N. The summed E-state index contributed by atoms with van der Waals surface area (Å²) in [6, 6.07) is 5.43. The number of nitrogen functional groups attached to an aromatic ring is 1. The Balaban J connectivity index is 2.24. The summed E-state index contributed by atoms with van der Waals surface area (Å²) < 4.78 is 5.65. The molecule has 0 radical (unpaired) electrons. The Labute approximate surface area is 119 Å². The second-order valence-corrected chi connectivity index (χ2v) is 5.18. The Kier molecular flexibility index (Phi) is 4.71. The maximum Gasteiger partial charge on any atom is 0.240 e. The second kappa shape index (κ2) is 6.50. The lowest BCUT2D eigenvalue weighted by Crippen LogP contribution is -2.47. The summed E-state index contributed by atoms with van der Waals surface area (Å²) in [6.07, 6.45) is 3.85. The number of rotatable bonds is 5. The highest BCUT2D eigenvalue weighted by molar-refractivity contribution is 5.84. The van der Waals surface area contributed by atoms with Crippen LogP contribution < -0.4 is 21.1 Å². The molecule has 1 amide bonds. The van der Waals surface area contributed by atoms with Crippen LogP contribution in [-0.4, -0.2) is 25.1 Å². The van der Waals surface area contributed by atoms with Gasteiger partial charge < -0.3 is 21.1 Å². The lowest BCUT2D eigenvalue weighted by atomic mass is 10.0. The van der Waals surface area contributed by atoms with Crippen molar-refractivity contribution in [1.82, 2.24) is 0 Å². The van der Waals surface area contributed by atoms with Crippen molar-refractivity contribution < 1.29 is 9.53 Å². The number of benzene rings is 1. The van der Waals surface area contributed by atoms with Crippen LogP contribution >= 0.6 is 0 Å². The van der Waals surface area contributed by atoms with Gasteiger partial charge in [-0.25, -0.2) is 0 Å². The molecule has 1 heterocycles. The molecule has 0 saturated carbocycles. The molecule has 0 aliphatic carbocycles. The van der Waals surface area contributed by atoms with E-state index in [2.05, 4.69) is 4.90 Å². The number of nitrogens with two attached hydrogens (primary N) is 2. The van der Waals surface area contributed by atoms with Crippen molar-refractivity contribution in [2.45, 2.75) is 38.6 Å². The smallest absolute Gasteiger partial charge is 0.240 e. The van der Waals surface area contributed by atoms with Gasteiger partial charge in [-0.15, -0.1) is 0 Å². The van der Waals surface area contributed by atoms with Crippen molar-refractivity contribution in [1.29, 1.82) is 0 Å². The second-order valence-electron chi connectivity index (χ2n) is 5.18. The highest BCUT2D eigenvalue weighted by Crippen LogP contribution is 2.31. The molecule has 0 aromatic heterocycles. The van der Waals surface area contributed by atoms with E-state index in [1.807, 2.05) is 25.1 Å². The molecule has 1 atom stereocenters. The van der Waals surface area contributed by atoms with E-state index in [1.165, 1.54) is 0 Å².